The molecule has 0 radical (unpaired) electrons. The lowest BCUT2D eigenvalue weighted by Gasteiger charge is -2.29. The number of aromatic nitrogens is 2. The van der Waals surface area contributed by atoms with E-state index in [1.165, 1.54) is 0 Å². The minimum absolute atomic E-state index is 0. The van der Waals surface area contributed by atoms with Crippen molar-refractivity contribution in [2.24, 2.45) is 5.92 Å². The third-order valence-corrected chi connectivity index (χ3v) is 5.02. The summed E-state index contributed by atoms with van der Waals surface area (Å²) in [6.45, 7) is 8.24. The number of halogens is 1. The molecule has 1 saturated heterocycles. The lowest BCUT2D eigenvalue weighted by Crippen LogP contribution is -2.48. The van der Waals surface area contributed by atoms with Crippen molar-refractivity contribution in [3.63, 3.8) is 0 Å². The van der Waals surface area contributed by atoms with Crippen molar-refractivity contribution in [2.45, 2.75) is 44.8 Å². The second-order valence-corrected chi connectivity index (χ2v) is 6.77. The van der Waals surface area contributed by atoms with E-state index in [1.807, 2.05) is 18.4 Å². The SMILES string of the molecule is CCn1cc(S(=O)(=O)NC2CCNCC2C)nc1C.Cl. The van der Waals surface area contributed by atoms with E-state index in [1.54, 1.807) is 6.20 Å². The van der Waals surface area contributed by atoms with Crippen molar-refractivity contribution >= 4 is 22.4 Å². The Morgan fingerprint density at radius 3 is 2.80 bits per heavy atom. The molecule has 116 valence electrons. The zero-order valence-corrected chi connectivity index (χ0v) is 13.7. The van der Waals surface area contributed by atoms with Crippen LogP contribution in [0.4, 0.5) is 0 Å². The third-order valence-electron chi connectivity index (χ3n) is 3.66. The third kappa shape index (κ3) is 3.72. The first-order valence-corrected chi connectivity index (χ1v) is 8.19. The van der Waals surface area contributed by atoms with E-state index >= 15 is 0 Å². The lowest BCUT2D eigenvalue weighted by atomic mass is 9.97. The molecule has 1 fully saturated rings. The first-order valence-electron chi connectivity index (χ1n) is 6.71. The number of aryl methyl sites for hydroxylation is 2. The molecule has 20 heavy (non-hydrogen) atoms. The van der Waals surface area contributed by atoms with Crippen LogP contribution < -0.4 is 10.0 Å². The van der Waals surface area contributed by atoms with Gasteiger partial charge in [-0.3, -0.25) is 0 Å². The number of hydrogen-bond acceptors (Lipinski definition) is 4. The van der Waals surface area contributed by atoms with E-state index in [4.69, 9.17) is 0 Å². The van der Waals surface area contributed by atoms with E-state index in [9.17, 15) is 8.42 Å². The second kappa shape index (κ2) is 6.89. The number of piperidine rings is 1. The highest BCUT2D eigenvalue weighted by atomic mass is 35.5. The van der Waals surface area contributed by atoms with Crippen molar-refractivity contribution in [3.05, 3.63) is 12.0 Å². The summed E-state index contributed by atoms with van der Waals surface area (Å²) in [4.78, 5) is 4.14. The minimum atomic E-state index is -3.51. The fraction of sp³-hybridized carbons (Fsp3) is 0.750. The first-order chi connectivity index (χ1) is 8.94. The number of hydrogen-bond donors (Lipinski definition) is 2. The molecule has 6 nitrogen and oxygen atoms in total. The van der Waals surface area contributed by atoms with Crippen molar-refractivity contribution < 1.29 is 8.42 Å². The highest BCUT2D eigenvalue weighted by molar-refractivity contribution is 7.89. The quantitative estimate of drug-likeness (QED) is 0.864. The topological polar surface area (TPSA) is 76.0 Å². The minimum Gasteiger partial charge on any atom is -0.334 e. The number of sulfonamides is 1. The van der Waals surface area contributed by atoms with Gasteiger partial charge in [0.25, 0.3) is 10.0 Å². The fourth-order valence-corrected chi connectivity index (χ4v) is 3.77. The summed E-state index contributed by atoms with van der Waals surface area (Å²) in [5.41, 5.74) is 0. The first kappa shape index (κ1) is 17.4. The molecule has 2 N–H and O–H groups in total. The molecule has 8 heteroatoms. The summed E-state index contributed by atoms with van der Waals surface area (Å²) in [7, 11) is -3.51. The number of rotatable bonds is 4. The van der Waals surface area contributed by atoms with Crippen LogP contribution in [0.2, 0.25) is 0 Å². The average Bonchev–Trinajstić information content (AvgIpc) is 2.74. The van der Waals surface area contributed by atoms with E-state index in [-0.39, 0.29) is 29.4 Å². The van der Waals surface area contributed by atoms with E-state index in [0.29, 0.717) is 0 Å². The molecule has 1 aromatic heterocycles. The highest BCUT2D eigenvalue weighted by Crippen LogP contribution is 2.15. The van der Waals surface area contributed by atoms with Crippen LogP contribution in [0.5, 0.6) is 0 Å². The molecule has 0 aromatic carbocycles. The maximum Gasteiger partial charge on any atom is 0.259 e. The average molecular weight is 323 g/mol. The van der Waals surface area contributed by atoms with Gasteiger partial charge in [-0.15, -0.1) is 12.4 Å². The number of nitrogens with one attached hydrogen (secondary N) is 2. The van der Waals surface area contributed by atoms with Gasteiger partial charge < -0.3 is 9.88 Å². The van der Waals surface area contributed by atoms with Crippen molar-refractivity contribution in [1.29, 1.82) is 0 Å². The van der Waals surface area contributed by atoms with Crippen LogP contribution in [0.25, 0.3) is 0 Å². The Kier molecular flexibility index (Phi) is 6.00. The van der Waals surface area contributed by atoms with Crippen molar-refractivity contribution in [3.8, 4) is 0 Å². The summed E-state index contributed by atoms with van der Waals surface area (Å²) < 4.78 is 29.3. The van der Waals surface area contributed by atoms with Crippen LogP contribution in [-0.2, 0) is 16.6 Å². The van der Waals surface area contributed by atoms with Gasteiger partial charge in [-0.25, -0.2) is 18.1 Å². The lowest BCUT2D eigenvalue weighted by molar-refractivity contribution is 0.328. The maximum absolute atomic E-state index is 12.3. The molecule has 2 heterocycles. The fourth-order valence-electron chi connectivity index (χ4n) is 2.38. The van der Waals surface area contributed by atoms with Crippen LogP contribution in [0, 0.1) is 12.8 Å². The highest BCUT2D eigenvalue weighted by Gasteiger charge is 2.28. The van der Waals surface area contributed by atoms with Crippen LogP contribution in [0.3, 0.4) is 0 Å². The van der Waals surface area contributed by atoms with Crippen LogP contribution in [0.1, 0.15) is 26.1 Å². The Bertz CT molecular complexity index is 544. The van der Waals surface area contributed by atoms with Crippen LogP contribution >= 0.6 is 12.4 Å². The normalized spacial score (nSPS) is 23.4. The Morgan fingerprint density at radius 1 is 1.55 bits per heavy atom. The monoisotopic (exact) mass is 322 g/mol. The molecule has 0 spiro atoms. The smallest absolute Gasteiger partial charge is 0.259 e. The van der Waals surface area contributed by atoms with Crippen LogP contribution in [0.15, 0.2) is 11.2 Å². The standard InChI is InChI=1S/C12H22N4O2S.ClH/c1-4-16-8-12(14-10(16)3)19(17,18)15-11-5-6-13-7-9(11)2;/h8-9,11,13,15H,4-7H2,1-3H3;1H. The molecule has 2 rings (SSSR count). The van der Waals surface area contributed by atoms with Gasteiger partial charge in [-0.1, -0.05) is 6.92 Å². The van der Waals surface area contributed by atoms with Gasteiger partial charge >= 0.3 is 0 Å². The predicted octanol–water partition coefficient (Wildman–Crippen LogP) is 0.910. The number of imidazole rings is 1. The summed E-state index contributed by atoms with van der Waals surface area (Å²) in [5, 5.41) is 3.38. The van der Waals surface area contributed by atoms with Gasteiger partial charge in [0.1, 0.15) is 5.82 Å². The summed E-state index contributed by atoms with van der Waals surface area (Å²) in [5.74, 6) is 1.01. The Morgan fingerprint density at radius 2 is 2.25 bits per heavy atom. The Balaban J connectivity index is 0.00000200. The van der Waals surface area contributed by atoms with Gasteiger partial charge in [0.05, 0.1) is 0 Å². The molecule has 0 saturated carbocycles. The van der Waals surface area contributed by atoms with E-state index < -0.39 is 10.0 Å². The molecule has 0 amide bonds. The van der Waals surface area contributed by atoms with Gasteiger partial charge in [0.2, 0.25) is 0 Å². The van der Waals surface area contributed by atoms with Gasteiger partial charge in [-0.2, -0.15) is 0 Å². The molecule has 0 bridgehead atoms. The van der Waals surface area contributed by atoms with Gasteiger partial charge in [0.15, 0.2) is 5.03 Å². The van der Waals surface area contributed by atoms with Crippen molar-refractivity contribution in [1.82, 2.24) is 19.6 Å². The van der Waals surface area contributed by atoms with E-state index in [2.05, 4.69) is 21.9 Å². The summed E-state index contributed by atoms with van der Waals surface area (Å²) in [6.07, 6.45) is 2.41. The largest absolute Gasteiger partial charge is 0.334 e. The molecular formula is C12H23ClN4O2S. The number of nitrogens with zero attached hydrogens (tertiary/aromatic N) is 2. The molecule has 1 aromatic rings. The van der Waals surface area contributed by atoms with Gasteiger partial charge in [0, 0.05) is 18.8 Å². The Labute approximate surface area is 126 Å². The zero-order valence-electron chi connectivity index (χ0n) is 12.1. The van der Waals surface area contributed by atoms with Gasteiger partial charge in [-0.05, 0) is 39.3 Å². The Hall–Kier alpha value is -0.630. The molecule has 2 unspecified atom stereocenters. The zero-order chi connectivity index (χ0) is 14.0. The summed E-state index contributed by atoms with van der Waals surface area (Å²) in [6, 6.07) is -0.0154. The van der Waals surface area contributed by atoms with Crippen molar-refractivity contribution in [2.75, 3.05) is 13.1 Å². The van der Waals surface area contributed by atoms with Crippen LogP contribution in [-0.4, -0.2) is 37.1 Å². The molecule has 1 aliphatic heterocycles. The predicted molar refractivity (Wildman–Crippen MR) is 80.6 cm³/mol. The molecular weight excluding hydrogens is 300 g/mol. The molecule has 1 aliphatic rings. The molecule has 2 atom stereocenters. The summed E-state index contributed by atoms with van der Waals surface area (Å²) >= 11 is 0. The maximum atomic E-state index is 12.3. The molecule has 0 aliphatic carbocycles. The van der Waals surface area contributed by atoms with E-state index in [0.717, 1.165) is 31.9 Å². The second-order valence-electron chi connectivity index (χ2n) is 5.11.